The number of nitrogens with zero attached hydrogens (tertiary/aromatic N) is 2. The van der Waals surface area contributed by atoms with Crippen molar-refractivity contribution >= 4 is 11.9 Å². The molecule has 1 aliphatic rings. The molecule has 140 valence electrons. The van der Waals surface area contributed by atoms with Crippen molar-refractivity contribution in [2.45, 2.75) is 51.7 Å². The van der Waals surface area contributed by atoms with E-state index in [0.29, 0.717) is 6.10 Å². The topological polar surface area (TPSA) is 75.2 Å². The molecule has 1 rings (SSSR count). The van der Waals surface area contributed by atoms with E-state index in [2.05, 4.69) is 20.5 Å². The van der Waals surface area contributed by atoms with Crippen LogP contribution in [0.1, 0.15) is 40.0 Å². The molecule has 1 amide bonds. The lowest BCUT2D eigenvalue weighted by Crippen LogP contribution is -2.51. The van der Waals surface area contributed by atoms with Crippen LogP contribution in [0.25, 0.3) is 0 Å². The van der Waals surface area contributed by atoms with Crippen molar-refractivity contribution in [3.8, 4) is 0 Å². The first kappa shape index (κ1) is 20.7. The van der Waals surface area contributed by atoms with Gasteiger partial charge in [0.1, 0.15) is 0 Å². The number of guanidine groups is 1. The van der Waals surface area contributed by atoms with Gasteiger partial charge in [0.15, 0.2) is 5.96 Å². The fraction of sp³-hybridized carbons (Fsp3) is 0.882. The normalized spacial score (nSPS) is 17.0. The molecule has 1 saturated heterocycles. The molecule has 1 heterocycles. The van der Waals surface area contributed by atoms with Gasteiger partial charge in [-0.3, -0.25) is 9.79 Å². The third-order valence-electron chi connectivity index (χ3n) is 3.72. The van der Waals surface area contributed by atoms with Gasteiger partial charge in [0.05, 0.1) is 12.6 Å². The van der Waals surface area contributed by atoms with E-state index < -0.39 is 0 Å². The number of likely N-dealkylation sites (tertiary alicyclic amines) is 1. The lowest BCUT2D eigenvalue weighted by Gasteiger charge is -2.34. The SMILES string of the molecule is CN=C(NCC(=O)NC(C)(C)C)N1CCC(OCCCOC)CC1. The number of carbonyl (C=O) groups excluding carboxylic acids is 1. The number of piperidine rings is 1. The Bertz CT molecular complexity index is 399. The predicted octanol–water partition coefficient (Wildman–Crippen LogP) is 0.994. The molecule has 7 heteroatoms. The van der Waals surface area contributed by atoms with Gasteiger partial charge in [0.2, 0.25) is 5.91 Å². The zero-order valence-corrected chi connectivity index (χ0v) is 15.9. The van der Waals surface area contributed by atoms with Crippen LogP contribution in [0.5, 0.6) is 0 Å². The Hall–Kier alpha value is -1.34. The van der Waals surface area contributed by atoms with Gasteiger partial charge >= 0.3 is 0 Å². The van der Waals surface area contributed by atoms with E-state index in [1.54, 1.807) is 14.2 Å². The first-order chi connectivity index (χ1) is 11.4. The number of aliphatic imine (C=N–C) groups is 1. The fourth-order valence-electron chi connectivity index (χ4n) is 2.64. The van der Waals surface area contributed by atoms with Gasteiger partial charge in [0, 0.05) is 46.0 Å². The van der Waals surface area contributed by atoms with Crippen LogP contribution in [0.3, 0.4) is 0 Å². The number of amides is 1. The van der Waals surface area contributed by atoms with Crippen LogP contribution in [-0.4, -0.2) is 75.4 Å². The van der Waals surface area contributed by atoms with Crippen molar-refractivity contribution in [2.75, 3.05) is 47.0 Å². The molecule has 0 spiro atoms. The Morgan fingerprint density at radius 3 is 2.46 bits per heavy atom. The van der Waals surface area contributed by atoms with Crippen molar-refractivity contribution in [3.05, 3.63) is 0 Å². The Kier molecular flexibility index (Phi) is 9.07. The van der Waals surface area contributed by atoms with Crippen molar-refractivity contribution < 1.29 is 14.3 Å². The number of hydrogen-bond acceptors (Lipinski definition) is 4. The van der Waals surface area contributed by atoms with Gasteiger partial charge in [-0.15, -0.1) is 0 Å². The zero-order chi connectivity index (χ0) is 18.0. The summed E-state index contributed by atoms with van der Waals surface area (Å²) in [6.45, 7) is 9.40. The highest BCUT2D eigenvalue weighted by molar-refractivity contribution is 5.86. The molecule has 0 aromatic rings. The molecule has 2 N–H and O–H groups in total. The smallest absolute Gasteiger partial charge is 0.239 e. The number of hydrogen-bond donors (Lipinski definition) is 2. The molecule has 7 nitrogen and oxygen atoms in total. The van der Waals surface area contributed by atoms with E-state index in [9.17, 15) is 4.79 Å². The molecule has 1 fully saturated rings. The largest absolute Gasteiger partial charge is 0.385 e. The average molecular weight is 342 g/mol. The van der Waals surface area contributed by atoms with Gasteiger partial charge in [-0.05, 0) is 40.0 Å². The summed E-state index contributed by atoms with van der Waals surface area (Å²) < 4.78 is 10.9. The highest BCUT2D eigenvalue weighted by Gasteiger charge is 2.22. The Balaban J connectivity index is 2.29. The molecule has 0 aliphatic carbocycles. The van der Waals surface area contributed by atoms with Crippen LogP contribution < -0.4 is 10.6 Å². The van der Waals surface area contributed by atoms with E-state index in [1.807, 2.05) is 20.8 Å². The number of nitrogens with one attached hydrogen (secondary N) is 2. The van der Waals surface area contributed by atoms with Gasteiger partial charge in [-0.25, -0.2) is 0 Å². The van der Waals surface area contributed by atoms with E-state index in [-0.39, 0.29) is 18.0 Å². The van der Waals surface area contributed by atoms with Crippen LogP contribution in [0.2, 0.25) is 0 Å². The van der Waals surface area contributed by atoms with E-state index in [4.69, 9.17) is 9.47 Å². The standard InChI is InChI=1S/C17H34N4O3/c1-17(2,3)20-15(22)13-19-16(18-4)21-9-7-14(8-10-21)24-12-6-11-23-5/h14H,6-13H2,1-5H3,(H,18,19)(H,20,22). The summed E-state index contributed by atoms with van der Waals surface area (Å²) in [5, 5.41) is 6.08. The molecule has 0 bridgehead atoms. The summed E-state index contributed by atoms with van der Waals surface area (Å²) in [7, 11) is 3.45. The van der Waals surface area contributed by atoms with Crippen LogP contribution in [0.4, 0.5) is 0 Å². The minimum Gasteiger partial charge on any atom is -0.385 e. The lowest BCUT2D eigenvalue weighted by molar-refractivity contribution is -0.121. The lowest BCUT2D eigenvalue weighted by atomic mass is 10.1. The Morgan fingerprint density at radius 2 is 1.92 bits per heavy atom. The summed E-state index contributed by atoms with van der Waals surface area (Å²) >= 11 is 0. The van der Waals surface area contributed by atoms with E-state index in [0.717, 1.165) is 51.5 Å². The second-order valence-corrected chi connectivity index (χ2v) is 7.10. The summed E-state index contributed by atoms with van der Waals surface area (Å²) in [5.74, 6) is 0.747. The quantitative estimate of drug-likeness (QED) is 0.410. The number of methoxy groups -OCH3 is 1. The number of ether oxygens (including phenoxy) is 2. The van der Waals surface area contributed by atoms with E-state index in [1.165, 1.54) is 0 Å². The van der Waals surface area contributed by atoms with Gasteiger partial charge in [0.25, 0.3) is 0 Å². The minimum atomic E-state index is -0.221. The molecular formula is C17H34N4O3. The Labute approximate surface area is 146 Å². The van der Waals surface area contributed by atoms with Crippen LogP contribution in [0.15, 0.2) is 4.99 Å². The van der Waals surface area contributed by atoms with Crippen LogP contribution >= 0.6 is 0 Å². The second-order valence-electron chi connectivity index (χ2n) is 7.10. The monoisotopic (exact) mass is 342 g/mol. The number of rotatable bonds is 7. The Morgan fingerprint density at radius 1 is 1.25 bits per heavy atom. The van der Waals surface area contributed by atoms with Gasteiger partial charge < -0.3 is 25.0 Å². The van der Waals surface area contributed by atoms with Crippen molar-refractivity contribution in [3.63, 3.8) is 0 Å². The average Bonchev–Trinajstić information content (AvgIpc) is 2.52. The van der Waals surface area contributed by atoms with Crippen molar-refractivity contribution in [1.29, 1.82) is 0 Å². The van der Waals surface area contributed by atoms with Gasteiger partial charge in [-0.2, -0.15) is 0 Å². The highest BCUT2D eigenvalue weighted by Crippen LogP contribution is 2.14. The minimum absolute atomic E-state index is 0.0278. The summed E-state index contributed by atoms with van der Waals surface area (Å²) in [4.78, 5) is 18.4. The summed E-state index contributed by atoms with van der Waals surface area (Å²) in [6.07, 6.45) is 3.19. The molecular weight excluding hydrogens is 308 g/mol. The maximum atomic E-state index is 11.9. The van der Waals surface area contributed by atoms with Crippen LogP contribution in [0, 0.1) is 0 Å². The maximum absolute atomic E-state index is 11.9. The van der Waals surface area contributed by atoms with E-state index >= 15 is 0 Å². The third-order valence-corrected chi connectivity index (χ3v) is 3.72. The fourth-order valence-corrected chi connectivity index (χ4v) is 2.64. The molecule has 0 aromatic heterocycles. The van der Waals surface area contributed by atoms with Crippen molar-refractivity contribution in [2.24, 2.45) is 4.99 Å². The van der Waals surface area contributed by atoms with Gasteiger partial charge in [-0.1, -0.05) is 0 Å². The number of carbonyl (C=O) groups is 1. The molecule has 1 aliphatic heterocycles. The molecule has 0 aromatic carbocycles. The zero-order valence-electron chi connectivity index (χ0n) is 15.9. The highest BCUT2D eigenvalue weighted by atomic mass is 16.5. The van der Waals surface area contributed by atoms with Crippen LogP contribution in [-0.2, 0) is 14.3 Å². The van der Waals surface area contributed by atoms with Crippen molar-refractivity contribution in [1.82, 2.24) is 15.5 Å². The summed E-state index contributed by atoms with van der Waals surface area (Å²) in [6, 6.07) is 0. The molecule has 0 saturated carbocycles. The molecule has 0 atom stereocenters. The predicted molar refractivity (Wildman–Crippen MR) is 96.3 cm³/mol. The molecule has 0 unspecified atom stereocenters. The first-order valence-electron chi connectivity index (χ1n) is 8.73. The molecule has 0 radical (unpaired) electrons. The maximum Gasteiger partial charge on any atom is 0.239 e. The third kappa shape index (κ3) is 8.49. The first-order valence-corrected chi connectivity index (χ1v) is 8.73. The summed E-state index contributed by atoms with van der Waals surface area (Å²) in [5.41, 5.74) is -0.221. The molecule has 24 heavy (non-hydrogen) atoms. The second kappa shape index (κ2) is 10.5.